The van der Waals surface area contributed by atoms with E-state index in [2.05, 4.69) is 54.0 Å². The van der Waals surface area contributed by atoms with Gasteiger partial charge < -0.3 is 14.2 Å². The van der Waals surface area contributed by atoms with Crippen molar-refractivity contribution in [3.63, 3.8) is 0 Å². The van der Waals surface area contributed by atoms with Crippen LogP contribution in [0.25, 0.3) is 11.0 Å². The third kappa shape index (κ3) is 2.97. The fourth-order valence-electron chi connectivity index (χ4n) is 4.22. The van der Waals surface area contributed by atoms with Crippen LogP contribution in [0.4, 0.5) is 17.1 Å². The summed E-state index contributed by atoms with van der Waals surface area (Å²) >= 11 is 0. The average Bonchev–Trinajstić information content (AvgIpc) is 2.74. The van der Waals surface area contributed by atoms with Crippen molar-refractivity contribution < 1.29 is 4.42 Å². The fourth-order valence-corrected chi connectivity index (χ4v) is 4.22. The standard InChI is InChI=1S/C25H22N2O2/c1-17-12-13-22(18(2)14-17)27-16-26(19-8-4-3-5-9-19)15-21-24(27)20-10-6-7-11-23(20)29-25(21)28/h3-14H,15-16H2,1-2H3. The van der Waals surface area contributed by atoms with E-state index in [4.69, 9.17) is 4.42 Å². The lowest BCUT2D eigenvalue weighted by Crippen LogP contribution is -2.42. The molecule has 0 unspecified atom stereocenters. The van der Waals surface area contributed by atoms with Gasteiger partial charge >= 0.3 is 5.63 Å². The van der Waals surface area contributed by atoms with Crippen LogP contribution in [-0.4, -0.2) is 6.67 Å². The van der Waals surface area contributed by atoms with Crippen molar-refractivity contribution in [3.05, 3.63) is 99.9 Å². The lowest BCUT2D eigenvalue weighted by Gasteiger charge is -2.40. The quantitative estimate of drug-likeness (QED) is 0.427. The van der Waals surface area contributed by atoms with E-state index in [1.54, 1.807) is 0 Å². The number of rotatable bonds is 2. The fraction of sp³-hybridized carbons (Fsp3) is 0.160. The van der Waals surface area contributed by atoms with Crippen LogP contribution in [0.1, 0.15) is 16.7 Å². The second kappa shape index (κ2) is 6.82. The molecule has 0 aliphatic carbocycles. The van der Waals surface area contributed by atoms with Crippen molar-refractivity contribution in [1.82, 2.24) is 0 Å². The summed E-state index contributed by atoms with van der Waals surface area (Å²) in [5.74, 6) is 0. The minimum atomic E-state index is -0.269. The summed E-state index contributed by atoms with van der Waals surface area (Å²) in [5, 5.41) is 0.967. The van der Waals surface area contributed by atoms with Gasteiger partial charge in [-0.2, -0.15) is 0 Å². The van der Waals surface area contributed by atoms with Gasteiger partial charge in [-0.15, -0.1) is 0 Å². The van der Waals surface area contributed by atoms with E-state index < -0.39 is 0 Å². The molecule has 1 aliphatic rings. The predicted octanol–water partition coefficient (Wildman–Crippen LogP) is 5.53. The van der Waals surface area contributed by atoms with E-state index in [-0.39, 0.29) is 5.63 Å². The second-order valence-electron chi connectivity index (χ2n) is 7.61. The van der Waals surface area contributed by atoms with Gasteiger partial charge in [0.05, 0.1) is 24.5 Å². The molecule has 0 spiro atoms. The first-order valence-corrected chi connectivity index (χ1v) is 9.81. The summed E-state index contributed by atoms with van der Waals surface area (Å²) in [4.78, 5) is 17.4. The first kappa shape index (κ1) is 17.6. The zero-order valence-corrected chi connectivity index (χ0v) is 16.6. The SMILES string of the molecule is Cc1ccc(N2CN(c3ccccc3)Cc3c2c2ccccc2oc3=O)c(C)c1. The Bertz CT molecular complexity index is 1260. The van der Waals surface area contributed by atoms with Crippen LogP contribution in [0.2, 0.25) is 0 Å². The molecule has 1 aromatic heterocycles. The molecule has 4 heteroatoms. The highest BCUT2D eigenvalue weighted by Crippen LogP contribution is 2.40. The number of anilines is 3. The molecule has 0 fully saturated rings. The van der Waals surface area contributed by atoms with Crippen LogP contribution in [-0.2, 0) is 6.54 Å². The lowest BCUT2D eigenvalue weighted by atomic mass is 10.0. The largest absolute Gasteiger partial charge is 0.422 e. The molecule has 4 nitrogen and oxygen atoms in total. The highest BCUT2D eigenvalue weighted by molar-refractivity contribution is 5.95. The van der Waals surface area contributed by atoms with Crippen LogP contribution in [0.5, 0.6) is 0 Å². The number of para-hydroxylation sites is 2. The molecule has 0 saturated heterocycles. The van der Waals surface area contributed by atoms with Gasteiger partial charge in [0.15, 0.2) is 0 Å². The number of fused-ring (bicyclic) bond motifs is 3. The molecule has 3 aromatic carbocycles. The number of aryl methyl sites for hydroxylation is 2. The third-order valence-corrected chi connectivity index (χ3v) is 5.57. The summed E-state index contributed by atoms with van der Waals surface area (Å²) in [6, 6.07) is 24.4. The normalized spacial score (nSPS) is 13.6. The first-order chi connectivity index (χ1) is 14.1. The van der Waals surface area contributed by atoms with E-state index >= 15 is 0 Å². The molecule has 0 N–H and O–H groups in total. The monoisotopic (exact) mass is 382 g/mol. The van der Waals surface area contributed by atoms with Gasteiger partial charge in [-0.1, -0.05) is 48.0 Å². The van der Waals surface area contributed by atoms with Crippen molar-refractivity contribution in [1.29, 1.82) is 0 Å². The zero-order valence-electron chi connectivity index (χ0n) is 16.6. The van der Waals surface area contributed by atoms with Crippen LogP contribution >= 0.6 is 0 Å². The predicted molar refractivity (Wildman–Crippen MR) is 118 cm³/mol. The number of nitrogens with zero attached hydrogens (tertiary/aromatic N) is 2. The van der Waals surface area contributed by atoms with E-state index in [0.29, 0.717) is 24.4 Å². The third-order valence-electron chi connectivity index (χ3n) is 5.57. The lowest BCUT2D eigenvalue weighted by molar-refractivity contribution is 0.543. The van der Waals surface area contributed by atoms with Crippen molar-refractivity contribution >= 4 is 28.0 Å². The van der Waals surface area contributed by atoms with Crippen LogP contribution in [0.3, 0.4) is 0 Å². The Labute approximate surface area is 169 Å². The van der Waals surface area contributed by atoms with Gasteiger partial charge in [-0.25, -0.2) is 4.79 Å². The number of hydrogen-bond donors (Lipinski definition) is 0. The Morgan fingerprint density at radius 1 is 0.897 bits per heavy atom. The van der Waals surface area contributed by atoms with Crippen molar-refractivity contribution in [3.8, 4) is 0 Å². The molecule has 0 radical (unpaired) electrons. The van der Waals surface area contributed by atoms with Gasteiger partial charge in [0.1, 0.15) is 5.58 Å². The van der Waals surface area contributed by atoms with Gasteiger partial charge in [-0.05, 0) is 49.7 Å². The maximum atomic E-state index is 13.0. The van der Waals surface area contributed by atoms with Gasteiger partial charge in [0, 0.05) is 16.8 Å². The second-order valence-corrected chi connectivity index (χ2v) is 7.61. The Balaban J connectivity index is 1.77. The Hall–Kier alpha value is -3.53. The van der Waals surface area contributed by atoms with Crippen LogP contribution in [0, 0.1) is 13.8 Å². The highest BCUT2D eigenvalue weighted by atomic mass is 16.4. The molecule has 0 amide bonds. The van der Waals surface area contributed by atoms with E-state index in [0.717, 1.165) is 22.4 Å². The molecular weight excluding hydrogens is 360 g/mol. The minimum Gasteiger partial charge on any atom is -0.422 e. The molecule has 1 aliphatic heterocycles. The Morgan fingerprint density at radius 3 is 2.45 bits per heavy atom. The molecule has 2 heterocycles. The molecular formula is C25H22N2O2. The van der Waals surface area contributed by atoms with Crippen molar-refractivity contribution in [2.45, 2.75) is 20.4 Å². The van der Waals surface area contributed by atoms with E-state index in [1.807, 2.05) is 42.5 Å². The van der Waals surface area contributed by atoms with Crippen LogP contribution in [0.15, 0.2) is 82.0 Å². The van der Waals surface area contributed by atoms with Crippen molar-refractivity contribution in [2.24, 2.45) is 0 Å². The average molecular weight is 382 g/mol. The minimum absolute atomic E-state index is 0.269. The zero-order chi connectivity index (χ0) is 20.0. The molecule has 29 heavy (non-hydrogen) atoms. The van der Waals surface area contributed by atoms with Gasteiger partial charge in [0.2, 0.25) is 0 Å². The summed E-state index contributed by atoms with van der Waals surface area (Å²) in [6.07, 6.45) is 0. The number of hydrogen-bond acceptors (Lipinski definition) is 4. The summed E-state index contributed by atoms with van der Waals surface area (Å²) < 4.78 is 5.67. The topological polar surface area (TPSA) is 36.7 Å². The summed E-state index contributed by atoms with van der Waals surface area (Å²) in [7, 11) is 0. The summed E-state index contributed by atoms with van der Waals surface area (Å²) in [6.45, 7) is 5.40. The number of benzene rings is 3. The molecule has 0 bridgehead atoms. The Kier molecular flexibility index (Phi) is 4.13. The maximum Gasteiger partial charge on any atom is 0.343 e. The maximum absolute atomic E-state index is 13.0. The van der Waals surface area contributed by atoms with Gasteiger partial charge in [0.25, 0.3) is 0 Å². The molecule has 5 rings (SSSR count). The van der Waals surface area contributed by atoms with Gasteiger partial charge in [-0.3, -0.25) is 0 Å². The molecule has 4 aromatic rings. The first-order valence-electron chi connectivity index (χ1n) is 9.81. The smallest absolute Gasteiger partial charge is 0.343 e. The highest BCUT2D eigenvalue weighted by Gasteiger charge is 2.30. The Morgan fingerprint density at radius 2 is 1.66 bits per heavy atom. The molecule has 0 saturated carbocycles. The van der Waals surface area contributed by atoms with E-state index in [1.165, 1.54) is 11.1 Å². The van der Waals surface area contributed by atoms with E-state index in [9.17, 15) is 4.79 Å². The summed E-state index contributed by atoms with van der Waals surface area (Å²) in [5.41, 5.74) is 6.60. The van der Waals surface area contributed by atoms with Crippen molar-refractivity contribution in [2.75, 3.05) is 16.5 Å². The molecule has 0 atom stereocenters. The van der Waals surface area contributed by atoms with Crippen LogP contribution < -0.4 is 15.4 Å². The molecule has 144 valence electrons.